The second-order valence-corrected chi connectivity index (χ2v) is 2.18. The molecule has 1 saturated heterocycles. The lowest BCUT2D eigenvalue weighted by Gasteiger charge is -2.25. The number of hydrogen-bond acceptors (Lipinski definition) is 2. The smallest absolute Gasteiger partial charge is 0.0107 e. The van der Waals surface area contributed by atoms with E-state index in [1.807, 2.05) is 0 Å². The normalized spacial score (nSPS) is 21.0. The first-order valence-corrected chi connectivity index (χ1v) is 3.36. The van der Waals surface area contributed by atoms with Crippen LogP contribution in [0.3, 0.4) is 0 Å². The molecule has 0 amide bonds. The van der Waals surface area contributed by atoms with Gasteiger partial charge in [0.25, 0.3) is 0 Å². The molecule has 3 heteroatoms. The van der Waals surface area contributed by atoms with Crippen molar-refractivity contribution in [1.82, 2.24) is 10.2 Å². The van der Waals surface area contributed by atoms with E-state index in [1.165, 1.54) is 32.7 Å². The molecule has 1 rings (SSSR count). The number of piperazine rings is 1. The molecule has 1 fully saturated rings. The molecule has 0 spiro atoms. The Morgan fingerprint density at radius 3 is 2.22 bits per heavy atom. The predicted molar refractivity (Wildman–Crippen MR) is 50.4 cm³/mol. The molecule has 9 heavy (non-hydrogen) atoms. The van der Waals surface area contributed by atoms with Crippen molar-refractivity contribution in [2.75, 3.05) is 32.7 Å². The van der Waals surface area contributed by atoms with Crippen LogP contribution in [0.4, 0.5) is 0 Å². The lowest BCUT2D eigenvalue weighted by Crippen LogP contribution is -2.43. The minimum atomic E-state index is 0. The second kappa shape index (κ2) is 5.44. The largest absolute Gasteiger partial charge is 0.314 e. The standard InChI is InChI=1S/C6H14N2.HI/c1-2-8-5-3-7-4-6-8;/h7H,2-6H2,1H3;1H. The van der Waals surface area contributed by atoms with Crippen LogP contribution in [-0.2, 0) is 0 Å². The Labute approximate surface area is 74.0 Å². The highest BCUT2D eigenvalue weighted by Crippen LogP contribution is 1.88. The van der Waals surface area contributed by atoms with Gasteiger partial charge in [-0.15, -0.1) is 24.0 Å². The Bertz CT molecular complexity index is 62.1. The second-order valence-electron chi connectivity index (χ2n) is 2.18. The summed E-state index contributed by atoms with van der Waals surface area (Å²) in [6.07, 6.45) is 0. The van der Waals surface area contributed by atoms with E-state index < -0.39 is 0 Å². The Balaban J connectivity index is 0.000000640. The molecule has 0 atom stereocenters. The fourth-order valence-corrected chi connectivity index (χ4v) is 1.03. The summed E-state index contributed by atoms with van der Waals surface area (Å²) >= 11 is 0. The molecule has 1 N–H and O–H groups in total. The number of likely N-dealkylation sites (N-methyl/N-ethyl adjacent to an activating group) is 1. The number of nitrogens with zero attached hydrogens (tertiary/aromatic N) is 1. The monoisotopic (exact) mass is 242 g/mol. The summed E-state index contributed by atoms with van der Waals surface area (Å²) in [5.74, 6) is 0. The average Bonchev–Trinajstić information content (AvgIpc) is 1.90. The first-order chi connectivity index (χ1) is 3.93. The summed E-state index contributed by atoms with van der Waals surface area (Å²) in [4.78, 5) is 2.45. The number of halogens is 1. The van der Waals surface area contributed by atoms with Gasteiger partial charge in [0.2, 0.25) is 0 Å². The van der Waals surface area contributed by atoms with E-state index >= 15 is 0 Å². The zero-order chi connectivity index (χ0) is 5.82. The van der Waals surface area contributed by atoms with Crippen LogP contribution in [0, 0.1) is 0 Å². The molecule has 1 aliphatic rings. The maximum absolute atomic E-state index is 3.31. The average molecular weight is 242 g/mol. The van der Waals surface area contributed by atoms with Crippen LogP contribution < -0.4 is 5.32 Å². The molecule has 0 saturated carbocycles. The van der Waals surface area contributed by atoms with Crippen LogP contribution in [0.15, 0.2) is 0 Å². The van der Waals surface area contributed by atoms with Crippen molar-refractivity contribution >= 4 is 24.0 Å². The highest BCUT2D eigenvalue weighted by atomic mass is 127. The van der Waals surface area contributed by atoms with E-state index in [9.17, 15) is 0 Å². The van der Waals surface area contributed by atoms with Gasteiger partial charge in [0, 0.05) is 26.2 Å². The van der Waals surface area contributed by atoms with E-state index in [0.717, 1.165) is 0 Å². The van der Waals surface area contributed by atoms with Crippen LogP contribution in [0.25, 0.3) is 0 Å². The molecule has 0 unspecified atom stereocenters. The van der Waals surface area contributed by atoms with Gasteiger partial charge in [0.15, 0.2) is 0 Å². The Hall–Kier alpha value is 0.650. The van der Waals surface area contributed by atoms with Crippen molar-refractivity contribution in [1.29, 1.82) is 0 Å². The van der Waals surface area contributed by atoms with Gasteiger partial charge in [-0.05, 0) is 6.54 Å². The van der Waals surface area contributed by atoms with Gasteiger partial charge in [0.1, 0.15) is 0 Å². The lowest BCUT2D eigenvalue weighted by molar-refractivity contribution is 0.253. The van der Waals surface area contributed by atoms with Crippen LogP contribution in [0.2, 0.25) is 0 Å². The van der Waals surface area contributed by atoms with Gasteiger partial charge in [-0.25, -0.2) is 0 Å². The van der Waals surface area contributed by atoms with Crippen LogP contribution in [0.5, 0.6) is 0 Å². The molecule has 0 aliphatic carbocycles. The molecule has 2 nitrogen and oxygen atoms in total. The molecule has 0 aromatic carbocycles. The first kappa shape index (κ1) is 9.65. The van der Waals surface area contributed by atoms with Crippen LogP contribution >= 0.6 is 24.0 Å². The molecular formula is C6H15IN2. The SMILES string of the molecule is CCN1CCNCC1.I. The van der Waals surface area contributed by atoms with Gasteiger partial charge >= 0.3 is 0 Å². The maximum Gasteiger partial charge on any atom is 0.0107 e. The third kappa shape index (κ3) is 3.37. The van der Waals surface area contributed by atoms with Crippen molar-refractivity contribution in [3.05, 3.63) is 0 Å². The third-order valence-electron chi connectivity index (χ3n) is 1.66. The first-order valence-electron chi connectivity index (χ1n) is 3.36. The number of rotatable bonds is 1. The minimum Gasteiger partial charge on any atom is -0.314 e. The fourth-order valence-electron chi connectivity index (χ4n) is 1.03. The third-order valence-corrected chi connectivity index (χ3v) is 1.66. The van der Waals surface area contributed by atoms with E-state index in [-0.39, 0.29) is 24.0 Å². The van der Waals surface area contributed by atoms with E-state index in [4.69, 9.17) is 0 Å². The van der Waals surface area contributed by atoms with E-state index in [2.05, 4.69) is 17.1 Å². The molecule has 0 aromatic rings. The number of nitrogens with one attached hydrogen (secondary N) is 1. The van der Waals surface area contributed by atoms with Gasteiger partial charge in [0.05, 0.1) is 0 Å². The summed E-state index contributed by atoms with van der Waals surface area (Å²) in [5.41, 5.74) is 0. The van der Waals surface area contributed by atoms with Crippen molar-refractivity contribution < 1.29 is 0 Å². The van der Waals surface area contributed by atoms with Gasteiger partial charge in [-0.3, -0.25) is 0 Å². The zero-order valence-electron chi connectivity index (χ0n) is 5.89. The van der Waals surface area contributed by atoms with Crippen molar-refractivity contribution in [2.45, 2.75) is 6.92 Å². The zero-order valence-corrected chi connectivity index (χ0v) is 8.22. The summed E-state index contributed by atoms with van der Waals surface area (Å²) in [5, 5.41) is 3.31. The topological polar surface area (TPSA) is 15.3 Å². The quantitative estimate of drug-likeness (QED) is 0.675. The molecular weight excluding hydrogens is 227 g/mol. The summed E-state index contributed by atoms with van der Waals surface area (Å²) in [6.45, 7) is 8.24. The van der Waals surface area contributed by atoms with E-state index in [1.54, 1.807) is 0 Å². The number of hydrogen-bond donors (Lipinski definition) is 1. The molecule has 0 bridgehead atoms. The molecule has 1 aliphatic heterocycles. The van der Waals surface area contributed by atoms with Crippen molar-refractivity contribution in [3.8, 4) is 0 Å². The highest BCUT2D eigenvalue weighted by molar-refractivity contribution is 14.0. The van der Waals surface area contributed by atoms with Crippen LogP contribution in [-0.4, -0.2) is 37.6 Å². The maximum atomic E-state index is 3.31. The fraction of sp³-hybridized carbons (Fsp3) is 1.00. The lowest BCUT2D eigenvalue weighted by atomic mass is 10.4. The summed E-state index contributed by atoms with van der Waals surface area (Å²) < 4.78 is 0. The highest BCUT2D eigenvalue weighted by Gasteiger charge is 2.04. The Morgan fingerprint density at radius 2 is 1.89 bits per heavy atom. The van der Waals surface area contributed by atoms with Crippen molar-refractivity contribution in [3.63, 3.8) is 0 Å². The van der Waals surface area contributed by atoms with E-state index in [0.29, 0.717) is 0 Å². The summed E-state index contributed by atoms with van der Waals surface area (Å²) in [6, 6.07) is 0. The molecule has 0 aromatic heterocycles. The molecule has 0 radical (unpaired) electrons. The van der Waals surface area contributed by atoms with Crippen molar-refractivity contribution in [2.24, 2.45) is 0 Å². The van der Waals surface area contributed by atoms with Gasteiger partial charge in [-0.1, -0.05) is 6.92 Å². The minimum absolute atomic E-state index is 0. The Morgan fingerprint density at radius 1 is 1.33 bits per heavy atom. The van der Waals surface area contributed by atoms with Gasteiger partial charge < -0.3 is 10.2 Å². The molecule has 56 valence electrons. The van der Waals surface area contributed by atoms with Crippen LogP contribution in [0.1, 0.15) is 6.92 Å². The van der Waals surface area contributed by atoms with Gasteiger partial charge in [-0.2, -0.15) is 0 Å². The Kier molecular flexibility index (Phi) is 5.83. The molecule has 1 heterocycles. The summed E-state index contributed by atoms with van der Waals surface area (Å²) in [7, 11) is 0. The predicted octanol–water partition coefficient (Wildman–Crippen LogP) is 0.529.